The zero-order chi connectivity index (χ0) is 15.4. The summed E-state index contributed by atoms with van der Waals surface area (Å²) in [4.78, 5) is 25.7. The molecule has 1 aromatic rings. The van der Waals surface area contributed by atoms with Crippen molar-refractivity contribution in [3.8, 4) is 0 Å². The van der Waals surface area contributed by atoms with Gasteiger partial charge in [0.05, 0.1) is 10.0 Å². The summed E-state index contributed by atoms with van der Waals surface area (Å²) in [6.07, 6.45) is 5.34. The highest BCUT2D eigenvalue weighted by Crippen LogP contribution is 2.25. The third kappa shape index (κ3) is 4.11. The first-order valence-corrected chi connectivity index (χ1v) is 7.78. The average molecular weight is 329 g/mol. The molecule has 4 nitrogen and oxygen atoms in total. The van der Waals surface area contributed by atoms with Crippen molar-refractivity contribution in [3.05, 3.63) is 28.2 Å². The average Bonchev–Trinajstić information content (AvgIpc) is 2.50. The highest BCUT2D eigenvalue weighted by Gasteiger charge is 2.26. The molecule has 1 aliphatic carbocycles. The predicted molar refractivity (Wildman–Crippen MR) is 84.7 cm³/mol. The number of carbonyl (C=O) groups is 2. The number of benzene rings is 1. The normalized spacial score (nSPS) is 15.6. The smallest absolute Gasteiger partial charge is 0.313 e. The van der Waals surface area contributed by atoms with E-state index >= 15 is 0 Å². The van der Waals surface area contributed by atoms with Crippen LogP contribution >= 0.6 is 23.2 Å². The van der Waals surface area contributed by atoms with Gasteiger partial charge in [0.2, 0.25) is 0 Å². The van der Waals surface area contributed by atoms with Crippen LogP contribution in [0.3, 0.4) is 0 Å². The van der Waals surface area contributed by atoms with E-state index in [1.54, 1.807) is 24.1 Å². The van der Waals surface area contributed by atoms with E-state index < -0.39 is 11.8 Å². The van der Waals surface area contributed by atoms with Gasteiger partial charge in [0.25, 0.3) is 0 Å². The van der Waals surface area contributed by atoms with Crippen LogP contribution < -0.4 is 5.32 Å². The van der Waals surface area contributed by atoms with Gasteiger partial charge < -0.3 is 10.2 Å². The van der Waals surface area contributed by atoms with Crippen molar-refractivity contribution in [1.82, 2.24) is 4.90 Å². The van der Waals surface area contributed by atoms with Crippen LogP contribution in [0.5, 0.6) is 0 Å². The molecule has 1 aliphatic rings. The van der Waals surface area contributed by atoms with Gasteiger partial charge in [-0.1, -0.05) is 42.5 Å². The summed E-state index contributed by atoms with van der Waals surface area (Å²) >= 11 is 11.7. The van der Waals surface area contributed by atoms with E-state index in [9.17, 15) is 9.59 Å². The molecule has 1 saturated carbocycles. The molecule has 0 radical (unpaired) electrons. The maximum Gasteiger partial charge on any atom is 0.313 e. The fourth-order valence-electron chi connectivity index (χ4n) is 2.55. The number of amides is 2. The van der Waals surface area contributed by atoms with Gasteiger partial charge in [-0.15, -0.1) is 0 Å². The molecular weight excluding hydrogens is 311 g/mol. The molecule has 0 saturated heterocycles. The molecule has 0 aliphatic heterocycles. The van der Waals surface area contributed by atoms with Gasteiger partial charge in [-0.25, -0.2) is 0 Å². The van der Waals surface area contributed by atoms with E-state index in [-0.39, 0.29) is 6.04 Å². The summed E-state index contributed by atoms with van der Waals surface area (Å²) < 4.78 is 0. The molecule has 1 fully saturated rings. The van der Waals surface area contributed by atoms with E-state index in [2.05, 4.69) is 5.32 Å². The van der Waals surface area contributed by atoms with Crippen molar-refractivity contribution in [2.24, 2.45) is 0 Å². The lowest BCUT2D eigenvalue weighted by Gasteiger charge is -2.30. The van der Waals surface area contributed by atoms with Crippen molar-refractivity contribution >= 4 is 40.7 Å². The van der Waals surface area contributed by atoms with Crippen molar-refractivity contribution < 1.29 is 9.59 Å². The first kappa shape index (κ1) is 16.1. The Labute approximate surface area is 134 Å². The molecular formula is C15H18Cl2N2O2. The SMILES string of the molecule is CN(C(=O)C(=O)Nc1ccc(Cl)c(Cl)c1)C1CCCCC1. The number of nitrogens with one attached hydrogen (secondary N) is 1. The molecule has 0 bridgehead atoms. The number of likely N-dealkylation sites (N-methyl/N-ethyl adjacent to an activating group) is 1. The number of rotatable bonds is 2. The van der Waals surface area contributed by atoms with Crippen molar-refractivity contribution in [2.45, 2.75) is 38.1 Å². The lowest BCUT2D eigenvalue weighted by molar-refractivity contribution is -0.144. The monoisotopic (exact) mass is 328 g/mol. The molecule has 0 aromatic heterocycles. The number of hydrogen-bond acceptors (Lipinski definition) is 2. The van der Waals surface area contributed by atoms with Crippen LogP contribution in [0.1, 0.15) is 32.1 Å². The van der Waals surface area contributed by atoms with Crippen molar-refractivity contribution in [1.29, 1.82) is 0 Å². The van der Waals surface area contributed by atoms with Crippen LogP contribution in [-0.2, 0) is 9.59 Å². The summed E-state index contributed by atoms with van der Waals surface area (Å²) in [5.74, 6) is -1.17. The standard InChI is InChI=1S/C15H18Cl2N2O2/c1-19(11-5-3-2-4-6-11)15(21)14(20)18-10-7-8-12(16)13(17)9-10/h7-9,11H,2-6H2,1H3,(H,18,20). The topological polar surface area (TPSA) is 49.4 Å². The maximum atomic E-state index is 12.2. The second-order valence-corrected chi connectivity index (χ2v) is 6.11. The molecule has 1 N–H and O–H groups in total. The van der Waals surface area contributed by atoms with Gasteiger partial charge in [0.1, 0.15) is 0 Å². The van der Waals surface area contributed by atoms with Crippen LogP contribution in [0.25, 0.3) is 0 Å². The van der Waals surface area contributed by atoms with E-state index in [1.165, 1.54) is 12.5 Å². The summed E-state index contributed by atoms with van der Waals surface area (Å²) in [7, 11) is 1.69. The largest absolute Gasteiger partial charge is 0.335 e. The third-order valence-electron chi connectivity index (χ3n) is 3.81. The molecule has 6 heteroatoms. The molecule has 0 heterocycles. The minimum Gasteiger partial charge on any atom is -0.335 e. The highest BCUT2D eigenvalue weighted by atomic mass is 35.5. The summed E-state index contributed by atoms with van der Waals surface area (Å²) in [6, 6.07) is 4.87. The molecule has 2 rings (SSSR count). The van der Waals surface area contributed by atoms with Gasteiger partial charge in [0.15, 0.2) is 0 Å². The molecule has 114 valence electrons. The number of nitrogens with zero attached hydrogens (tertiary/aromatic N) is 1. The number of anilines is 1. The van der Waals surface area contributed by atoms with Crippen LogP contribution in [0.15, 0.2) is 18.2 Å². The fourth-order valence-corrected chi connectivity index (χ4v) is 2.85. The zero-order valence-corrected chi connectivity index (χ0v) is 13.4. The number of halogens is 2. The lowest BCUT2D eigenvalue weighted by Crippen LogP contribution is -2.44. The Morgan fingerprint density at radius 3 is 2.43 bits per heavy atom. The Bertz CT molecular complexity index is 542. The Balaban J connectivity index is 1.98. The van der Waals surface area contributed by atoms with E-state index in [4.69, 9.17) is 23.2 Å². The van der Waals surface area contributed by atoms with E-state index in [0.29, 0.717) is 15.7 Å². The number of carbonyl (C=O) groups excluding carboxylic acids is 2. The quantitative estimate of drug-likeness (QED) is 0.841. The molecule has 0 spiro atoms. The van der Waals surface area contributed by atoms with Gasteiger partial charge in [-0.2, -0.15) is 0 Å². The first-order valence-electron chi connectivity index (χ1n) is 7.02. The minimum absolute atomic E-state index is 0.158. The van der Waals surface area contributed by atoms with Crippen molar-refractivity contribution in [2.75, 3.05) is 12.4 Å². The Morgan fingerprint density at radius 2 is 1.81 bits per heavy atom. The Morgan fingerprint density at radius 1 is 1.14 bits per heavy atom. The van der Waals surface area contributed by atoms with E-state index in [1.807, 2.05) is 0 Å². The molecule has 21 heavy (non-hydrogen) atoms. The van der Waals surface area contributed by atoms with Gasteiger partial charge in [0, 0.05) is 18.8 Å². The highest BCUT2D eigenvalue weighted by molar-refractivity contribution is 6.42. The van der Waals surface area contributed by atoms with Crippen LogP contribution in [0.2, 0.25) is 10.0 Å². The van der Waals surface area contributed by atoms with Crippen molar-refractivity contribution in [3.63, 3.8) is 0 Å². The van der Waals surface area contributed by atoms with Crippen LogP contribution in [0.4, 0.5) is 5.69 Å². The maximum absolute atomic E-state index is 12.2. The summed E-state index contributed by atoms with van der Waals surface area (Å²) in [5, 5.41) is 3.30. The van der Waals surface area contributed by atoms with Gasteiger partial charge in [-0.05, 0) is 31.0 Å². The second kappa shape index (κ2) is 7.14. The predicted octanol–water partition coefficient (Wildman–Crippen LogP) is 3.72. The van der Waals surface area contributed by atoms with Crippen LogP contribution in [-0.4, -0.2) is 29.8 Å². The zero-order valence-electron chi connectivity index (χ0n) is 11.9. The Kier molecular flexibility index (Phi) is 5.48. The molecule has 0 atom stereocenters. The fraction of sp³-hybridized carbons (Fsp3) is 0.467. The molecule has 0 unspecified atom stereocenters. The number of hydrogen-bond donors (Lipinski definition) is 1. The van der Waals surface area contributed by atoms with Crippen LogP contribution in [0, 0.1) is 0 Å². The second-order valence-electron chi connectivity index (χ2n) is 5.29. The summed E-state index contributed by atoms with van der Waals surface area (Å²) in [6.45, 7) is 0. The Hall–Kier alpha value is -1.26. The van der Waals surface area contributed by atoms with E-state index in [0.717, 1.165) is 25.7 Å². The third-order valence-corrected chi connectivity index (χ3v) is 4.55. The van der Waals surface area contributed by atoms with Gasteiger partial charge in [-0.3, -0.25) is 9.59 Å². The summed E-state index contributed by atoms with van der Waals surface area (Å²) in [5.41, 5.74) is 0.458. The minimum atomic E-state index is -0.651. The lowest BCUT2D eigenvalue weighted by atomic mass is 9.94. The molecule has 1 aromatic carbocycles. The first-order chi connectivity index (χ1) is 9.99. The van der Waals surface area contributed by atoms with Gasteiger partial charge >= 0.3 is 11.8 Å². The molecule has 2 amide bonds.